The normalized spacial score (nSPS) is 32.7. The van der Waals surface area contributed by atoms with E-state index in [-0.39, 0.29) is 41.4 Å². The summed E-state index contributed by atoms with van der Waals surface area (Å²) in [6.07, 6.45) is 6.40. The van der Waals surface area contributed by atoms with E-state index in [9.17, 15) is 34.8 Å². The summed E-state index contributed by atoms with van der Waals surface area (Å²) in [5.74, 6) is -3.60. The van der Waals surface area contributed by atoms with Gasteiger partial charge in [0.05, 0.1) is 5.56 Å². The van der Waals surface area contributed by atoms with Crippen molar-refractivity contribution in [2.45, 2.75) is 92.1 Å². The Kier molecular flexibility index (Phi) is 7.66. The maximum atomic E-state index is 14.4. The van der Waals surface area contributed by atoms with Crippen molar-refractivity contribution in [2.24, 2.45) is 34.5 Å². The first-order valence-corrected chi connectivity index (χ1v) is 16.7. The zero-order chi connectivity index (χ0) is 33.5. The smallest absolute Gasteiger partial charge is 0.209 e. The number of aliphatic hydroxyl groups excluding tert-OH is 2. The molecule has 46 heavy (non-hydrogen) atoms. The first-order valence-electron chi connectivity index (χ1n) is 16.7. The van der Waals surface area contributed by atoms with E-state index in [1.807, 2.05) is 26.8 Å². The molecule has 0 saturated heterocycles. The highest BCUT2D eigenvalue weighted by Crippen LogP contribution is 2.65. The van der Waals surface area contributed by atoms with E-state index < -0.39 is 51.0 Å². The number of hydrogen-bond donors (Lipinski definition) is 4. The minimum absolute atomic E-state index is 0.0398. The zero-order valence-corrected chi connectivity index (χ0v) is 27.7. The molecular weight excluding hydrogens is 580 g/mol. The number of phenolic OH excluding ortho intramolecular Hbond substituents is 1. The van der Waals surface area contributed by atoms with Gasteiger partial charge in [0.15, 0.2) is 17.2 Å². The average Bonchev–Trinajstić information content (AvgIpc) is 2.96. The summed E-state index contributed by atoms with van der Waals surface area (Å²) in [6, 6.07) is 11.7. The number of allylic oxidation sites excluding steroid dienone is 2. The fourth-order valence-electron chi connectivity index (χ4n) is 9.69. The van der Waals surface area contributed by atoms with Crippen molar-refractivity contribution in [1.29, 1.82) is 0 Å². The van der Waals surface area contributed by atoms with Gasteiger partial charge in [0.2, 0.25) is 5.78 Å². The molecule has 0 heterocycles. The summed E-state index contributed by atoms with van der Waals surface area (Å²) in [5.41, 5.74) is -2.15. The van der Waals surface area contributed by atoms with Gasteiger partial charge in [0.1, 0.15) is 22.8 Å². The maximum Gasteiger partial charge on any atom is 0.209 e. The van der Waals surface area contributed by atoms with E-state index in [1.165, 1.54) is 37.3 Å². The van der Waals surface area contributed by atoms with Crippen LogP contribution in [0.15, 0.2) is 59.1 Å². The van der Waals surface area contributed by atoms with Gasteiger partial charge in [-0.3, -0.25) is 14.4 Å². The van der Waals surface area contributed by atoms with Crippen LogP contribution in [0.4, 0.5) is 0 Å². The Bertz CT molecular complexity index is 1700. The number of rotatable bonds is 5. The van der Waals surface area contributed by atoms with Gasteiger partial charge in [-0.05, 0) is 85.1 Å². The lowest BCUT2D eigenvalue weighted by molar-refractivity contribution is -0.171. The van der Waals surface area contributed by atoms with Gasteiger partial charge in [-0.1, -0.05) is 77.8 Å². The third-order valence-corrected chi connectivity index (χ3v) is 11.8. The molecule has 6 rings (SSSR count). The van der Waals surface area contributed by atoms with Crippen molar-refractivity contribution in [3.63, 3.8) is 0 Å². The summed E-state index contributed by atoms with van der Waals surface area (Å²) in [6.45, 7) is 10.6. The van der Waals surface area contributed by atoms with Crippen molar-refractivity contribution in [3.8, 4) is 16.9 Å². The fraction of sp³-hybridized carbons (Fsp3) is 0.513. The molecule has 4 aliphatic rings. The molecular formula is C39H46O7. The van der Waals surface area contributed by atoms with E-state index in [0.29, 0.717) is 11.5 Å². The number of fused-ring (bicyclic) bond motifs is 3. The number of carbonyl (C=O) groups excluding carboxylic acids is 3. The number of aromatic hydroxyl groups is 1. The molecule has 0 bridgehead atoms. The third kappa shape index (κ3) is 4.52. The number of hydrogen-bond acceptors (Lipinski definition) is 7. The van der Waals surface area contributed by atoms with E-state index in [2.05, 4.69) is 31.2 Å². The van der Waals surface area contributed by atoms with Crippen LogP contribution in [0.25, 0.3) is 11.1 Å². The number of aliphatic hydroxyl groups is 3. The summed E-state index contributed by atoms with van der Waals surface area (Å²) in [7, 11) is 0. The lowest BCUT2D eigenvalue weighted by Crippen LogP contribution is -2.67. The second kappa shape index (κ2) is 10.9. The first kappa shape index (κ1) is 32.2. The molecule has 2 aromatic carbocycles. The second-order valence-electron chi connectivity index (χ2n) is 15.5. The molecule has 4 aliphatic carbocycles. The van der Waals surface area contributed by atoms with Crippen molar-refractivity contribution in [2.75, 3.05) is 0 Å². The fourth-order valence-corrected chi connectivity index (χ4v) is 9.69. The Morgan fingerprint density at radius 3 is 2.17 bits per heavy atom. The lowest BCUT2D eigenvalue weighted by Gasteiger charge is -2.59. The first-order chi connectivity index (χ1) is 21.5. The highest BCUT2D eigenvalue weighted by atomic mass is 16.3. The SMILES string of the molecule is CC(=O)C1=C(O)C(C(C)C)[C@@]2(C)C[C@@]3(C)Cc4c(-c5ccc(CC6CCC(C)CC6)cc5)ccc(O)c4C(=O)C3=C(O)[C@@]2(O)C1=O. The molecule has 7 nitrogen and oxygen atoms in total. The summed E-state index contributed by atoms with van der Waals surface area (Å²) in [5, 5.41) is 46.5. The number of ketones is 3. The minimum Gasteiger partial charge on any atom is -0.511 e. The Morgan fingerprint density at radius 1 is 0.957 bits per heavy atom. The molecule has 0 aliphatic heterocycles. The molecule has 244 valence electrons. The molecule has 4 N–H and O–H groups in total. The van der Waals surface area contributed by atoms with E-state index >= 15 is 0 Å². The van der Waals surface area contributed by atoms with Gasteiger partial charge in [0.25, 0.3) is 0 Å². The summed E-state index contributed by atoms with van der Waals surface area (Å²) < 4.78 is 0. The molecule has 2 aromatic rings. The van der Waals surface area contributed by atoms with Crippen molar-refractivity contribution < 1.29 is 34.8 Å². The van der Waals surface area contributed by atoms with Crippen LogP contribution < -0.4 is 0 Å². The average molecular weight is 627 g/mol. The van der Waals surface area contributed by atoms with Crippen LogP contribution >= 0.6 is 0 Å². The van der Waals surface area contributed by atoms with Crippen LogP contribution in [-0.4, -0.2) is 43.4 Å². The molecule has 1 fully saturated rings. The van der Waals surface area contributed by atoms with Gasteiger partial charge in [-0.15, -0.1) is 0 Å². The third-order valence-electron chi connectivity index (χ3n) is 11.8. The second-order valence-corrected chi connectivity index (χ2v) is 15.5. The topological polar surface area (TPSA) is 132 Å². The number of benzene rings is 2. The van der Waals surface area contributed by atoms with Crippen LogP contribution in [0.5, 0.6) is 5.75 Å². The molecule has 0 amide bonds. The number of phenols is 1. The Labute approximate surface area is 271 Å². The maximum absolute atomic E-state index is 14.4. The zero-order valence-electron chi connectivity index (χ0n) is 27.7. The Balaban J connectivity index is 1.45. The van der Waals surface area contributed by atoms with E-state index in [0.717, 1.165) is 30.4 Å². The molecule has 0 spiro atoms. The quantitative estimate of drug-likeness (QED) is 0.255. The van der Waals surface area contributed by atoms with E-state index in [4.69, 9.17) is 0 Å². The van der Waals surface area contributed by atoms with Gasteiger partial charge in [-0.2, -0.15) is 0 Å². The van der Waals surface area contributed by atoms with Crippen LogP contribution in [0.1, 0.15) is 95.1 Å². The largest absolute Gasteiger partial charge is 0.511 e. The monoisotopic (exact) mass is 626 g/mol. The lowest BCUT2D eigenvalue weighted by atomic mass is 9.44. The molecule has 0 radical (unpaired) electrons. The molecule has 1 saturated carbocycles. The Hall–Kier alpha value is -3.71. The number of carbonyl (C=O) groups is 3. The molecule has 1 unspecified atom stereocenters. The summed E-state index contributed by atoms with van der Waals surface area (Å²) >= 11 is 0. The highest BCUT2D eigenvalue weighted by molar-refractivity contribution is 6.25. The van der Waals surface area contributed by atoms with Crippen molar-refractivity contribution in [1.82, 2.24) is 0 Å². The minimum atomic E-state index is -2.61. The van der Waals surface area contributed by atoms with Crippen LogP contribution in [0.3, 0.4) is 0 Å². The van der Waals surface area contributed by atoms with Gasteiger partial charge in [0, 0.05) is 22.3 Å². The molecule has 7 heteroatoms. The summed E-state index contributed by atoms with van der Waals surface area (Å²) in [4.78, 5) is 40.8. The standard InChI is InChI=1S/C39H46O7/c1-20(2)31-33(42)29(22(4)40)35(44)39(46)36(45)32-34(43)30-27(18-37(32,5)19-38(31,39)6)26(15-16-28(30)41)25-13-11-24(12-14-25)17-23-9-7-21(3)8-10-23/h11-16,20-21,23,31,41-42,45-46H,7-10,17-19H2,1-6H3/t21?,23?,31?,37-,38-,39+/m1/s1. The predicted octanol–water partition coefficient (Wildman–Crippen LogP) is 7.38. The van der Waals surface area contributed by atoms with Crippen LogP contribution in [-0.2, 0) is 22.4 Å². The Morgan fingerprint density at radius 2 is 1.59 bits per heavy atom. The van der Waals surface area contributed by atoms with Crippen molar-refractivity contribution >= 4 is 17.3 Å². The van der Waals surface area contributed by atoms with Crippen molar-refractivity contribution in [3.05, 3.63) is 75.8 Å². The van der Waals surface area contributed by atoms with Gasteiger partial charge < -0.3 is 20.4 Å². The van der Waals surface area contributed by atoms with Gasteiger partial charge >= 0.3 is 0 Å². The van der Waals surface area contributed by atoms with Crippen LogP contribution in [0.2, 0.25) is 0 Å². The van der Waals surface area contributed by atoms with E-state index in [1.54, 1.807) is 6.92 Å². The molecule has 0 aromatic heterocycles. The number of Topliss-reactive ketones (excluding diaryl/α,β-unsaturated/α-hetero) is 3. The van der Waals surface area contributed by atoms with Gasteiger partial charge in [-0.25, -0.2) is 0 Å². The highest BCUT2D eigenvalue weighted by Gasteiger charge is 2.71. The van der Waals surface area contributed by atoms with Crippen LogP contribution in [0, 0.1) is 34.5 Å². The predicted molar refractivity (Wildman–Crippen MR) is 176 cm³/mol. The molecule has 4 atom stereocenters.